The summed E-state index contributed by atoms with van der Waals surface area (Å²) in [5, 5.41) is 3.34. The number of hydrogen-bond donors (Lipinski definition) is 1. The van der Waals surface area contributed by atoms with Crippen LogP contribution in [0.15, 0.2) is 30.3 Å². The van der Waals surface area contributed by atoms with E-state index in [9.17, 15) is 9.59 Å². The van der Waals surface area contributed by atoms with Crippen molar-refractivity contribution in [2.45, 2.75) is 51.5 Å². The van der Waals surface area contributed by atoms with E-state index >= 15 is 0 Å². The van der Waals surface area contributed by atoms with Gasteiger partial charge in [0.2, 0.25) is 11.8 Å². The minimum Gasteiger partial charge on any atom is -0.346 e. The quantitative estimate of drug-likeness (QED) is 0.923. The summed E-state index contributed by atoms with van der Waals surface area (Å²) in [6.45, 7) is 5.27. The molecule has 0 spiro atoms. The van der Waals surface area contributed by atoms with Gasteiger partial charge in [-0.15, -0.1) is 0 Å². The molecule has 2 amide bonds. The summed E-state index contributed by atoms with van der Waals surface area (Å²) in [4.78, 5) is 26.8. The third-order valence-electron chi connectivity index (χ3n) is 5.57. The van der Waals surface area contributed by atoms with Crippen LogP contribution < -0.4 is 5.32 Å². The molecule has 130 valence electrons. The smallest absolute Gasteiger partial charge is 0.225 e. The van der Waals surface area contributed by atoms with E-state index in [-0.39, 0.29) is 29.2 Å². The second-order valence-corrected chi connectivity index (χ2v) is 7.55. The molecule has 2 fully saturated rings. The van der Waals surface area contributed by atoms with Gasteiger partial charge in [-0.3, -0.25) is 9.59 Å². The lowest BCUT2D eigenvalue weighted by atomic mass is 9.71. The average Bonchev–Trinajstić information content (AvgIpc) is 2.58. The minimum absolute atomic E-state index is 0.0300. The average molecular weight is 328 g/mol. The lowest BCUT2D eigenvalue weighted by Gasteiger charge is -2.44. The SMILES string of the molecule is CC(C)C(=O)N1CCC(C(=O)NC2(c3ccccc3)CCC2)CC1. The summed E-state index contributed by atoms with van der Waals surface area (Å²) < 4.78 is 0. The highest BCUT2D eigenvalue weighted by Gasteiger charge is 2.41. The summed E-state index contributed by atoms with van der Waals surface area (Å²) >= 11 is 0. The van der Waals surface area contributed by atoms with Gasteiger partial charge in [-0.25, -0.2) is 0 Å². The maximum Gasteiger partial charge on any atom is 0.225 e. The molecule has 0 unspecified atom stereocenters. The number of hydrogen-bond acceptors (Lipinski definition) is 2. The first-order valence-electron chi connectivity index (χ1n) is 9.18. The molecule has 1 heterocycles. The van der Waals surface area contributed by atoms with Crippen LogP contribution in [-0.4, -0.2) is 29.8 Å². The first kappa shape index (κ1) is 17.0. The standard InChI is InChI=1S/C20H28N2O2/c1-15(2)19(24)22-13-9-16(10-14-22)18(23)21-20(11-6-12-20)17-7-4-3-5-8-17/h3-5,7-8,15-16H,6,9-14H2,1-2H3,(H,21,23). The van der Waals surface area contributed by atoms with Gasteiger partial charge in [0.05, 0.1) is 5.54 Å². The Morgan fingerprint density at radius 1 is 1.12 bits per heavy atom. The van der Waals surface area contributed by atoms with Gasteiger partial charge in [0.1, 0.15) is 0 Å². The summed E-state index contributed by atoms with van der Waals surface area (Å²) in [6.07, 6.45) is 4.75. The Balaban J connectivity index is 1.59. The third-order valence-corrected chi connectivity index (χ3v) is 5.57. The van der Waals surface area contributed by atoms with Gasteiger partial charge in [-0.2, -0.15) is 0 Å². The van der Waals surface area contributed by atoms with Crippen LogP contribution in [-0.2, 0) is 15.1 Å². The molecule has 1 saturated carbocycles. The molecule has 4 heteroatoms. The fourth-order valence-electron chi connectivity index (χ4n) is 3.84. The molecule has 4 nitrogen and oxygen atoms in total. The van der Waals surface area contributed by atoms with Gasteiger partial charge in [-0.1, -0.05) is 44.2 Å². The molecule has 0 radical (unpaired) electrons. The fraction of sp³-hybridized carbons (Fsp3) is 0.600. The number of amides is 2. The molecular weight excluding hydrogens is 300 g/mol. The van der Waals surface area contributed by atoms with Crippen molar-refractivity contribution in [3.8, 4) is 0 Å². The molecule has 3 rings (SSSR count). The van der Waals surface area contributed by atoms with Crippen molar-refractivity contribution in [3.63, 3.8) is 0 Å². The van der Waals surface area contributed by atoms with Crippen LogP contribution in [0, 0.1) is 11.8 Å². The lowest BCUT2D eigenvalue weighted by Crippen LogP contribution is -2.54. The fourth-order valence-corrected chi connectivity index (χ4v) is 3.84. The van der Waals surface area contributed by atoms with Gasteiger partial charge in [-0.05, 0) is 37.7 Å². The summed E-state index contributed by atoms with van der Waals surface area (Å²) in [7, 11) is 0. The molecule has 24 heavy (non-hydrogen) atoms. The maximum atomic E-state index is 12.8. The second kappa shape index (κ2) is 6.96. The first-order chi connectivity index (χ1) is 11.5. The predicted octanol–water partition coefficient (Wildman–Crippen LogP) is 3.08. The van der Waals surface area contributed by atoms with Crippen molar-refractivity contribution >= 4 is 11.8 Å². The number of likely N-dealkylation sites (tertiary alicyclic amines) is 1. The van der Waals surface area contributed by atoms with Gasteiger partial charge >= 0.3 is 0 Å². The number of nitrogens with one attached hydrogen (secondary N) is 1. The molecule has 2 aliphatic rings. The van der Waals surface area contributed by atoms with Crippen LogP contribution >= 0.6 is 0 Å². The highest BCUT2D eigenvalue weighted by atomic mass is 16.2. The highest BCUT2D eigenvalue weighted by Crippen LogP contribution is 2.41. The van der Waals surface area contributed by atoms with Crippen LogP contribution in [0.1, 0.15) is 51.5 Å². The van der Waals surface area contributed by atoms with Crippen LogP contribution in [0.3, 0.4) is 0 Å². The van der Waals surface area contributed by atoms with Gasteiger partial charge in [0.15, 0.2) is 0 Å². The molecule has 1 aromatic rings. The normalized spacial score (nSPS) is 20.5. The van der Waals surface area contributed by atoms with Gasteiger partial charge in [0, 0.05) is 24.9 Å². The monoisotopic (exact) mass is 328 g/mol. The Hall–Kier alpha value is -1.84. The van der Waals surface area contributed by atoms with E-state index in [0.29, 0.717) is 13.1 Å². The highest BCUT2D eigenvalue weighted by molar-refractivity contribution is 5.81. The zero-order valence-electron chi connectivity index (χ0n) is 14.8. The van der Waals surface area contributed by atoms with E-state index in [1.807, 2.05) is 36.9 Å². The number of benzene rings is 1. The molecule has 0 aromatic heterocycles. The van der Waals surface area contributed by atoms with E-state index in [0.717, 1.165) is 32.1 Å². The number of carbonyl (C=O) groups is 2. The van der Waals surface area contributed by atoms with Crippen molar-refractivity contribution in [3.05, 3.63) is 35.9 Å². The zero-order chi connectivity index (χ0) is 17.2. The Bertz CT molecular complexity index is 585. The molecule has 1 aliphatic heterocycles. The molecule has 0 atom stereocenters. The Labute approximate surface area is 144 Å². The molecule has 1 aromatic carbocycles. The number of nitrogens with zero attached hydrogens (tertiary/aromatic N) is 1. The topological polar surface area (TPSA) is 49.4 Å². The Kier molecular flexibility index (Phi) is 4.93. The van der Waals surface area contributed by atoms with Crippen LogP contribution in [0.25, 0.3) is 0 Å². The van der Waals surface area contributed by atoms with E-state index in [4.69, 9.17) is 0 Å². The second-order valence-electron chi connectivity index (χ2n) is 7.55. The minimum atomic E-state index is -0.163. The molecule has 1 N–H and O–H groups in total. The molecule has 1 saturated heterocycles. The van der Waals surface area contributed by atoms with Gasteiger partial charge < -0.3 is 10.2 Å². The van der Waals surface area contributed by atoms with Crippen LogP contribution in [0.2, 0.25) is 0 Å². The number of carbonyl (C=O) groups excluding carboxylic acids is 2. The maximum absolute atomic E-state index is 12.8. The van der Waals surface area contributed by atoms with E-state index < -0.39 is 0 Å². The van der Waals surface area contributed by atoms with E-state index in [1.54, 1.807) is 0 Å². The zero-order valence-corrected chi connectivity index (χ0v) is 14.8. The van der Waals surface area contributed by atoms with Crippen LogP contribution in [0.5, 0.6) is 0 Å². The largest absolute Gasteiger partial charge is 0.346 e. The predicted molar refractivity (Wildman–Crippen MR) is 94.3 cm³/mol. The van der Waals surface area contributed by atoms with Crippen molar-refractivity contribution in [1.29, 1.82) is 0 Å². The summed E-state index contributed by atoms with van der Waals surface area (Å²) in [5.74, 6) is 0.429. The van der Waals surface area contributed by atoms with Crippen molar-refractivity contribution in [1.82, 2.24) is 10.2 Å². The van der Waals surface area contributed by atoms with Crippen molar-refractivity contribution in [2.24, 2.45) is 11.8 Å². The van der Waals surface area contributed by atoms with E-state index in [1.165, 1.54) is 5.56 Å². The van der Waals surface area contributed by atoms with Crippen molar-refractivity contribution < 1.29 is 9.59 Å². The Morgan fingerprint density at radius 3 is 2.25 bits per heavy atom. The third kappa shape index (κ3) is 3.33. The Morgan fingerprint density at radius 2 is 1.75 bits per heavy atom. The van der Waals surface area contributed by atoms with Gasteiger partial charge in [0.25, 0.3) is 0 Å². The number of rotatable bonds is 4. The summed E-state index contributed by atoms with van der Waals surface area (Å²) in [6, 6.07) is 10.3. The molecule has 0 bridgehead atoms. The molecular formula is C20H28N2O2. The van der Waals surface area contributed by atoms with Crippen LogP contribution in [0.4, 0.5) is 0 Å². The summed E-state index contributed by atoms with van der Waals surface area (Å²) in [5.41, 5.74) is 1.06. The molecule has 1 aliphatic carbocycles. The number of piperidine rings is 1. The lowest BCUT2D eigenvalue weighted by molar-refractivity contribution is -0.139. The first-order valence-corrected chi connectivity index (χ1v) is 9.18. The van der Waals surface area contributed by atoms with Crippen molar-refractivity contribution in [2.75, 3.05) is 13.1 Å². The van der Waals surface area contributed by atoms with E-state index in [2.05, 4.69) is 17.4 Å².